The van der Waals surface area contributed by atoms with Crippen LogP contribution in [0.15, 0.2) is 18.3 Å². The summed E-state index contributed by atoms with van der Waals surface area (Å²) in [5.74, 6) is 0.0508. The average molecular weight is 345 g/mol. The lowest BCUT2D eigenvalue weighted by Gasteiger charge is -2.17. The number of pyridine rings is 1. The highest BCUT2D eigenvalue weighted by atomic mass is 35.5. The maximum Gasteiger partial charge on any atom is 0.185 e. The van der Waals surface area contributed by atoms with Gasteiger partial charge in [-0.25, -0.2) is 9.37 Å². The summed E-state index contributed by atoms with van der Waals surface area (Å²) in [5.41, 5.74) is 8.74. The molecule has 3 rings (SSSR count). The molecule has 0 spiro atoms. The van der Waals surface area contributed by atoms with Gasteiger partial charge >= 0.3 is 0 Å². The molecule has 0 aliphatic heterocycles. The Morgan fingerprint density at radius 3 is 2.71 bits per heavy atom. The Hall–Kier alpha value is -2.78. The highest BCUT2D eigenvalue weighted by Crippen LogP contribution is 2.38. The number of nitriles is 1. The smallest absolute Gasteiger partial charge is 0.185 e. The lowest BCUT2D eigenvalue weighted by atomic mass is 10.1. The second-order valence-electron chi connectivity index (χ2n) is 5.39. The quantitative estimate of drug-likeness (QED) is 0.715. The number of anilines is 1. The van der Waals surface area contributed by atoms with Crippen LogP contribution in [0.25, 0.3) is 16.6 Å². The summed E-state index contributed by atoms with van der Waals surface area (Å²) in [4.78, 5) is 3.79. The number of aryl methyl sites for hydroxylation is 1. The van der Waals surface area contributed by atoms with Crippen LogP contribution in [-0.4, -0.2) is 16.7 Å². The molecule has 0 saturated heterocycles. The van der Waals surface area contributed by atoms with Crippen LogP contribution in [0.5, 0.6) is 5.75 Å². The maximum absolute atomic E-state index is 14.7. The third-order valence-corrected chi connectivity index (χ3v) is 4.34. The Labute approximate surface area is 143 Å². The zero-order valence-corrected chi connectivity index (χ0v) is 14.1. The molecular weight excluding hydrogens is 331 g/mol. The summed E-state index contributed by atoms with van der Waals surface area (Å²) in [6, 6.07) is 5.69. The molecule has 0 radical (unpaired) electrons. The molecule has 122 valence electrons. The van der Waals surface area contributed by atoms with Crippen LogP contribution in [0.2, 0.25) is 5.15 Å². The van der Waals surface area contributed by atoms with E-state index in [0.717, 1.165) is 11.1 Å². The summed E-state index contributed by atoms with van der Waals surface area (Å²) in [6.45, 7) is 3.72. The van der Waals surface area contributed by atoms with Gasteiger partial charge in [-0.3, -0.25) is 4.57 Å². The molecule has 2 heterocycles. The fourth-order valence-corrected chi connectivity index (χ4v) is 3.10. The van der Waals surface area contributed by atoms with E-state index in [1.807, 2.05) is 32.0 Å². The van der Waals surface area contributed by atoms with Gasteiger partial charge in [0.1, 0.15) is 23.2 Å². The predicted octanol–water partition coefficient (Wildman–Crippen LogP) is 3.90. The molecule has 0 atom stereocenters. The molecule has 0 saturated carbocycles. The highest BCUT2D eigenvalue weighted by Gasteiger charge is 2.24. The Bertz CT molecular complexity index is 1020. The van der Waals surface area contributed by atoms with Crippen LogP contribution in [0.4, 0.5) is 10.2 Å². The van der Waals surface area contributed by atoms with Gasteiger partial charge in [-0.05, 0) is 25.5 Å². The van der Waals surface area contributed by atoms with E-state index < -0.39 is 5.82 Å². The molecule has 24 heavy (non-hydrogen) atoms. The van der Waals surface area contributed by atoms with Crippen LogP contribution < -0.4 is 10.5 Å². The molecule has 7 heteroatoms. The van der Waals surface area contributed by atoms with E-state index in [9.17, 15) is 9.65 Å². The van der Waals surface area contributed by atoms with E-state index in [0.29, 0.717) is 16.8 Å². The zero-order chi connectivity index (χ0) is 17.6. The van der Waals surface area contributed by atoms with Crippen molar-refractivity contribution >= 4 is 28.3 Å². The number of nitrogen functional groups attached to an aromatic ring is 1. The van der Waals surface area contributed by atoms with Gasteiger partial charge in [0, 0.05) is 17.1 Å². The number of halogens is 2. The molecule has 0 aliphatic carbocycles. The SMILES string of the molecule is COc1ccc(C)c(-n2c(N)c(C#N)c3cnc(Cl)c(F)c32)c1C. The van der Waals surface area contributed by atoms with Crippen molar-refractivity contribution in [1.29, 1.82) is 5.26 Å². The predicted molar refractivity (Wildman–Crippen MR) is 91.2 cm³/mol. The largest absolute Gasteiger partial charge is 0.496 e. The van der Waals surface area contributed by atoms with Gasteiger partial charge in [-0.1, -0.05) is 17.7 Å². The lowest BCUT2D eigenvalue weighted by molar-refractivity contribution is 0.411. The van der Waals surface area contributed by atoms with E-state index in [1.165, 1.54) is 10.8 Å². The van der Waals surface area contributed by atoms with Crippen molar-refractivity contribution < 1.29 is 9.13 Å². The van der Waals surface area contributed by atoms with Crippen molar-refractivity contribution in [2.45, 2.75) is 13.8 Å². The molecule has 3 aromatic rings. The Morgan fingerprint density at radius 2 is 2.08 bits per heavy atom. The van der Waals surface area contributed by atoms with Crippen molar-refractivity contribution in [2.75, 3.05) is 12.8 Å². The molecule has 2 aromatic heterocycles. The molecule has 0 fully saturated rings. The van der Waals surface area contributed by atoms with Crippen LogP contribution in [0.1, 0.15) is 16.7 Å². The van der Waals surface area contributed by atoms with Crippen LogP contribution >= 0.6 is 11.6 Å². The minimum Gasteiger partial charge on any atom is -0.496 e. The van der Waals surface area contributed by atoms with Gasteiger partial charge in [-0.2, -0.15) is 5.26 Å². The first kappa shape index (κ1) is 16.1. The van der Waals surface area contributed by atoms with Gasteiger partial charge in [0.15, 0.2) is 11.0 Å². The molecule has 0 bridgehead atoms. The monoisotopic (exact) mass is 344 g/mol. The van der Waals surface area contributed by atoms with Crippen molar-refractivity contribution in [3.05, 3.63) is 46.0 Å². The van der Waals surface area contributed by atoms with Gasteiger partial charge in [0.05, 0.1) is 18.3 Å². The highest BCUT2D eigenvalue weighted by molar-refractivity contribution is 6.30. The van der Waals surface area contributed by atoms with E-state index in [2.05, 4.69) is 4.98 Å². The molecule has 0 unspecified atom stereocenters. The minimum absolute atomic E-state index is 0.128. The van der Waals surface area contributed by atoms with E-state index in [-0.39, 0.29) is 22.1 Å². The third-order valence-electron chi connectivity index (χ3n) is 4.08. The summed E-state index contributed by atoms with van der Waals surface area (Å²) in [7, 11) is 1.56. The van der Waals surface area contributed by atoms with Crippen molar-refractivity contribution in [2.24, 2.45) is 0 Å². The number of rotatable bonds is 2. The minimum atomic E-state index is -0.719. The lowest BCUT2D eigenvalue weighted by Crippen LogP contribution is -2.07. The Kier molecular flexibility index (Phi) is 3.82. The summed E-state index contributed by atoms with van der Waals surface area (Å²) < 4.78 is 21.6. The number of hydrogen-bond acceptors (Lipinski definition) is 4. The fraction of sp³-hybridized carbons (Fsp3) is 0.176. The first-order valence-corrected chi connectivity index (χ1v) is 7.48. The van der Waals surface area contributed by atoms with Crippen molar-refractivity contribution in [3.8, 4) is 17.5 Å². The molecule has 0 aliphatic rings. The van der Waals surface area contributed by atoms with Gasteiger partial charge in [0.25, 0.3) is 0 Å². The number of hydrogen-bond donors (Lipinski definition) is 1. The molecule has 1 aromatic carbocycles. The average Bonchev–Trinajstić information content (AvgIpc) is 2.84. The van der Waals surface area contributed by atoms with Crippen LogP contribution in [-0.2, 0) is 0 Å². The van der Waals surface area contributed by atoms with Gasteiger partial charge in [-0.15, -0.1) is 0 Å². The normalized spacial score (nSPS) is 10.8. The Morgan fingerprint density at radius 1 is 1.38 bits per heavy atom. The third kappa shape index (κ3) is 2.09. The summed E-state index contributed by atoms with van der Waals surface area (Å²) in [5, 5.41) is 9.47. The number of nitrogens with zero attached hydrogens (tertiary/aromatic N) is 3. The number of aromatic nitrogens is 2. The number of fused-ring (bicyclic) bond motifs is 1. The molecule has 0 amide bonds. The van der Waals surface area contributed by atoms with Crippen LogP contribution in [0.3, 0.4) is 0 Å². The summed E-state index contributed by atoms with van der Waals surface area (Å²) in [6.07, 6.45) is 1.36. The number of nitrogens with two attached hydrogens (primary N) is 1. The maximum atomic E-state index is 14.7. The topological polar surface area (TPSA) is 76.9 Å². The van der Waals surface area contributed by atoms with Crippen molar-refractivity contribution in [1.82, 2.24) is 9.55 Å². The van der Waals surface area contributed by atoms with Gasteiger partial charge in [0.2, 0.25) is 0 Å². The fourth-order valence-electron chi connectivity index (χ4n) is 2.96. The van der Waals surface area contributed by atoms with E-state index >= 15 is 0 Å². The van der Waals surface area contributed by atoms with Crippen molar-refractivity contribution in [3.63, 3.8) is 0 Å². The van der Waals surface area contributed by atoms with E-state index in [4.69, 9.17) is 22.1 Å². The van der Waals surface area contributed by atoms with E-state index in [1.54, 1.807) is 7.11 Å². The number of benzene rings is 1. The van der Waals surface area contributed by atoms with Crippen LogP contribution in [0, 0.1) is 31.0 Å². The first-order chi connectivity index (χ1) is 11.4. The molecule has 5 nitrogen and oxygen atoms in total. The summed E-state index contributed by atoms with van der Waals surface area (Å²) >= 11 is 5.84. The second-order valence-corrected chi connectivity index (χ2v) is 5.75. The standard InChI is InChI=1S/C17H14ClFN4O/c1-8-4-5-12(24-3)9(2)14(8)23-15-11(10(6-20)17(23)21)7-22-16(18)13(15)19/h4-5,7H,21H2,1-3H3. The zero-order valence-electron chi connectivity index (χ0n) is 13.3. The molecule has 2 N–H and O–H groups in total. The first-order valence-electron chi connectivity index (χ1n) is 7.10. The van der Waals surface area contributed by atoms with Gasteiger partial charge < -0.3 is 10.5 Å². The second kappa shape index (κ2) is 5.69. The Balaban J connectivity index is 2.56. The molecular formula is C17H14ClFN4O. The number of methoxy groups -OCH3 is 1. The number of ether oxygens (including phenoxy) is 1.